The van der Waals surface area contributed by atoms with Crippen LogP contribution in [0.2, 0.25) is 25.7 Å². The van der Waals surface area contributed by atoms with Crippen molar-refractivity contribution in [1.82, 2.24) is 38.7 Å². The van der Waals surface area contributed by atoms with Crippen molar-refractivity contribution in [2.24, 2.45) is 0 Å². The predicted octanol–water partition coefficient (Wildman–Crippen LogP) is 2.75. The molecule has 14 heteroatoms. The van der Waals surface area contributed by atoms with E-state index in [1.165, 1.54) is 0 Å². The molecule has 5 rings (SSSR count). The second kappa shape index (κ2) is 11.3. The van der Waals surface area contributed by atoms with Gasteiger partial charge in [-0.3, -0.25) is 9.58 Å². The van der Waals surface area contributed by atoms with Crippen molar-refractivity contribution in [3.63, 3.8) is 0 Å². The van der Waals surface area contributed by atoms with Gasteiger partial charge in [0.15, 0.2) is 11.2 Å². The summed E-state index contributed by atoms with van der Waals surface area (Å²) in [6, 6.07) is 1.41. The van der Waals surface area contributed by atoms with Crippen LogP contribution in [0.15, 0.2) is 24.9 Å². The molecular weight excluding hydrogens is 546 g/mol. The summed E-state index contributed by atoms with van der Waals surface area (Å²) in [6.45, 7) is 20.2. The highest BCUT2D eigenvalue weighted by atomic mass is 32.2. The third-order valence-corrected chi connectivity index (χ3v) is 11.6. The first-order valence-corrected chi connectivity index (χ1v) is 19.2. The van der Waals surface area contributed by atoms with Gasteiger partial charge in [-0.25, -0.2) is 33.9 Å². The molecule has 0 spiro atoms. The molecule has 0 unspecified atom stereocenters. The minimum absolute atomic E-state index is 0.142. The Labute approximate surface area is 237 Å². The number of sulfonamides is 1. The van der Waals surface area contributed by atoms with E-state index in [4.69, 9.17) is 11.3 Å². The van der Waals surface area contributed by atoms with E-state index in [-0.39, 0.29) is 5.75 Å². The molecule has 0 radical (unpaired) electrons. The zero-order valence-electron chi connectivity index (χ0n) is 23.8. The lowest BCUT2D eigenvalue weighted by atomic mass is 9.86. The molecule has 2 fully saturated rings. The van der Waals surface area contributed by atoms with Crippen molar-refractivity contribution in [3.05, 3.63) is 36.3 Å². The van der Waals surface area contributed by atoms with Crippen LogP contribution < -0.4 is 0 Å². The van der Waals surface area contributed by atoms with E-state index in [1.54, 1.807) is 34.6 Å². The lowest BCUT2D eigenvalue weighted by Gasteiger charge is -2.51. The molecule has 0 bridgehead atoms. The summed E-state index contributed by atoms with van der Waals surface area (Å²) in [5.41, 5.74) is 1.91. The van der Waals surface area contributed by atoms with Gasteiger partial charge in [-0.1, -0.05) is 19.6 Å². The highest BCUT2D eigenvalue weighted by Crippen LogP contribution is 2.35. The van der Waals surface area contributed by atoms with Crippen LogP contribution >= 0.6 is 0 Å². The number of nitrogens with zero attached hydrogens (tertiary/aromatic N) is 9. The van der Waals surface area contributed by atoms with Crippen LogP contribution in [0.25, 0.3) is 27.1 Å². The SMILES string of the molecule is [C-]#[N+]CC1(n2cc(-c3ncnc4c3cnn4COCC[Si](C)(C)C)cn2)CN(C2CCN(S(=O)(=O)CC)CC2)C1. The van der Waals surface area contributed by atoms with Gasteiger partial charge in [0.1, 0.15) is 13.1 Å². The summed E-state index contributed by atoms with van der Waals surface area (Å²) < 4.78 is 35.6. The Hall–Kier alpha value is -2.70. The van der Waals surface area contributed by atoms with Gasteiger partial charge in [-0.05, 0) is 25.8 Å². The van der Waals surface area contributed by atoms with Crippen LogP contribution in [0.3, 0.4) is 0 Å². The number of hydrogen-bond acceptors (Lipinski definition) is 8. The maximum Gasteiger partial charge on any atom is 0.242 e. The van der Waals surface area contributed by atoms with E-state index in [1.807, 2.05) is 10.9 Å². The van der Waals surface area contributed by atoms with E-state index >= 15 is 0 Å². The number of fused-ring (bicyclic) bond motifs is 1. The normalized spacial score (nSPS) is 19.1. The summed E-state index contributed by atoms with van der Waals surface area (Å²) >= 11 is 0. The fraction of sp³-hybridized carbons (Fsp3) is 0.654. The first-order valence-electron chi connectivity index (χ1n) is 13.9. The van der Waals surface area contributed by atoms with Crippen LogP contribution in [-0.4, -0.2) is 106 Å². The minimum atomic E-state index is -3.14. The zero-order valence-corrected chi connectivity index (χ0v) is 25.6. The summed E-state index contributed by atoms with van der Waals surface area (Å²) in [7, 11) is -4.31. The molecule has 3 aromatic rings. The molecule has 5 heterocycles. The van der Waals surface area contributed by atoms with Gasteiger partial charge >= 0.3 is 0 Å². The quantitative estimate of drug-likeness (QED) is 0.192. The molecule has 2 aliphatic heterocycles. The average Bonchev–Trinajstić information content (AvgIpc) is 3.56. The van der Waals surface area contributed by atoms with Gasteiger partial charge in [0.2, 0.25) is 16.6 Å². The molecule has 0 saturated carbocycles. The largest absolute Gasteiger partial charge is 0.359 e. The van der Waals surface area contributed by atoms with Crippen LogP contribution in [0, 0.1) is 6.57 Å². The number of piperidine rings is 1. The second-order valence-electron chi connectivity index (χ2n) is 12.1. The third-order valence-electron chi connectivity index (χ3n) is 8.05. The molecule has 40 heavy (non-hydrogen) atoms. The van der Waals surface area contributed by atoms with Crippen LogP contribution in [0.1, 0.15) is 19.8 Å². The maximum absolute atomic E-state index is 12.2. The molecule has 0 aliphatic carbocycles. The number of rotatable bonds is 11. The van der Waals surface area contributed by atoms with Crippen molar-refractivity contribution in [2.75, 3.05) is 45.1 Å². The number of ether oxygens (including phenoxy) is 1. The maximum atomic E-state index is 12.2. The summed E-state index contributed by atoms with van der Waals surface area (Å²) in [6.07, 6.45) is 8.70. The molecule has 3 aromatic heterocycles. The van der Waals surface area contributed by atoms with Gasteiger partial charge in [0, 0.05) is 58.7 Å². The van der Waals surface area contributed by atoms with E-state index in [0.717, 1.165) is 35.5 Å². The molecule has 2 saturated heterocycles. The first kappa shape index (κ1) is 28.8. The Kier molecular flexibility index (Phi) is 8.13. The summed E-state index contributed by atoms with van der Waals surface area (Å²) in [4.78, 5) is 15.1. The lowest BCUT2D eigenvalue weighted by Crippen LogP contribution is -2.67. The Balaban J connectivity index is 1.27. The summed E-state index contributed by atoms with van der Waals surface area (Å²) in [5, 5.41) is 10.0. The van der Waals surface area contributed by atoms with Crippen molar-refractivity contribution < 1.29 is 13.2 Å². The van der Waals surface area contributed by atoms with E-state index in [0.29, 0.717) is 57.8 Å². The Morgan fingerprint density at radius 2 is 1.90 bits per heavy atom. The predicted molar refractivity (Wildman–Crippen MR) is 156 cm³/mol. The number of likely N-dealkylation sites (tertiary alicyclic amines) is 1. The smallest absolute Gasteiger partial charge is 0.242 e. The van der Waals surface area contributed by atoms with Gasteiger partial charge in [-0.2, -0.15) is 10.2 Å². The molecule has 216 valence electrons. The number of aromatic nitrogens is 6. The Bertz CT molecular complexity index is 1480. The van der Waals surface area contributed by atoms with Crippen molar-refractivity contribution in [1.29, 1.82) is 0 Å². The van der Waals surface area contributed by atoms with E-state index in [2.05, 4.69) is 49.6 Å². The topological polar surface area (TPSA) is 116 Å². The molecule has 0 N–H and O–H groups in total. The van der Waals surface area contributed by atoms with Gasteiger partial charge in [0.25, 0.3) is 0 Å². The molecule has 12 nitrogen and oxygen atoms in total. The Morgan fingerprint density at radius 1 is 1.15 bits per heavy atom. The Morgan fingerprint density at radius 3 is 2.58 bits per heavy atom. The second-order valence-corrected chi connectivity index (χ2v) is 20.0. The van der Waals surface area contributed by atoms with Crippen molar-refractivity contribution in [2.45, 2.75) is 63.8 Å². The fourth-order valence-corrected chi connectivity index (χ4v) is 7.44. The summed E-state index contributed by atoms with van der Waals surface area (Å²) in [5.74, 6) is 0.142. The average molecular weight is 586 g/mol. The molecule has 0 amide bonds. The first-order chi connectivity index (χ1) is 19.0. The molecule has 2 aliphatic rings. The van der Waals surface area contributed by atoms with Crippen LogP contribution in [0.5, 0.6) is 0 Å². The van der Waals surface area contributed by atoms with Gasteiger partial charge in [0.05, 0.1) is 29.2 Å². The number of hydrogen-bond donors (Lipinski definition) is 0. The lowest BCUT2D eigenvalue weighted by molar-refractivity contribution is -0.0312. The third kappa shape index (κ3) is 5.84. The van der Waals surface area contributed by atoms with Crippen molar-refractivity contribution in [3.8, 4) is 11.3 Å². The zero-order chi connectivity index (χ0) is 28.5. The van der Waals surface area contributed by atoms with Crippen LogP contribution in [0.4, 0.5) is 0 Å². The van der Waals surface area contributed by atoms with Gasteiger partial charge < -0.3 is 9.58 Å². The molecular formula is C26H39N9O3SSi. The molecule has 0 atom stereocenters. The van der Waals surface area contributed by atoms with Crippen molar-refractivity contribution >= 4 is 29.1 Å². The minimum Gasteiger partial charge on any atom is -0.359 e. The van der Waals surface area contributed by atoms with Crippen LogP contribution in [-0.2, 0) is 27.0 Å². The highest BCUT2D eigenvalue weighted by molar-refractivity contribution is 7.89. The monoisotopic (exact) mass is 585 g/mol. The molecule has 0 aromatic carbocycles. The van der Waals surface area contributed by atoms with Gasteiger partial charge in [-0.15, -0.1) is 0 Å². The highest BCUT2D eigenvalue weighted by Gasteiger charge is 2.51. The van der Waals surface area contributed by atoms with E-state index < -0.39 is 23.6 Å². The standard InChI is InChI=1S/C26H39N9O3SSi/c1-6-39(36,37)33-9-7-22(8-10-33)32-17-26(18-32,16-27-2)35-15-21(13-31-35)24-23-14-30-34(25(23)29-19-28-24)20-38-11-12-40(3,4)5/h13-15,19,22H,6-12,16-18,20H2,1,3-5H3. The fourth-order valence-electron chi connectivity index (χ4n) is 5.55. The van der Waals surface area contributed by atoms with E-state index in [9.17, 15) is 8.42 Å².